The summed E-state index contributed by atoms with van der Waals surface area (Å²) in [5.74, 6) is 1.65. The third kappa shape index (κ3) is 3.45. The molecule has 5 heteroatoms. The molecule has 0 spiro atoms. The van der Waals surface area contributed by atoms with E-state index in [4.69, 9.17) is 4.74 Å². The fourth-order valence-electron chi connectivity index (χ4n) is 3.60. The topological polar surface area (TPSA) is 54.5 Å². The number of pyridine rings is 1. The normalized spacial score (nSPS) is 19.2. The molecule has 0 unspecified atom stereocenters. The van der Waals surface area contributed by atoms with Crippen molar-refractivity contribution in [1.82, 2.24) is 10.3 Å². The molecule has 1 aromatic heterocycles. The van der Waals surface area contributed by atoms with Crippen molar-refractivity contribution in [2.75, 3.05) is 24.5 Å². The molecule has 4 rings (SSSR count). The van der Waals surface area contributed by atoms with Crippen LogP contribution in [0.2, 0.25) is 0 Å². The van der Waals surface area contributed by atoms with Crippen LogP contribution in [0.3, 0.4) is 0 Å². The molecular weight excluding hydrogens is 314 g/mol. The summed E-state index contributed by atoms with van der Waals surface area (Å²) in [5.41, 5.74) is 1.86. The molecule has 1 N–H and O–H groups in total. The molecule has 1 saturated heterocycles. The molecule has 0 bridgehead atoms. The number of nitrogens with one attached hydrogen (secondary N) is 1. The van der Waals surface area contributed by atoms with E-state index in [0.29, 0.717) is 12.1 Å². The first-order chi connectivity index (χ1) is 12.3. The van der Waals surface area contributed by atoms with Gasteiger partial charge in [-0.25, -0.2) is 4.98 Å². The standard InChI is InChI=1S/C20H23N3O2/c24-20(22-14-16-13-15-7-2-3-9-18(15)25-16)17-8-6-10-21-19(17)23-11-4-1-5-12-23/h2-3,6-10,16H,1,4-5,11-14H2,(H,22,24)/t16-/m1/s1. The van der Waals surface area contributed by atoms with Crippen molar-refractivity contribution < 1.29 is 9.53 Å². The summed E-state index contributed by atoms with van der Waals surface area (Å²) >= 11 is 0. The predicted octanol–water partition coefficient (Wildman–Crippen LogP) is 2.81. The van der Waals surface area contributed by atoms with Gasteiger partial charge in [-0.2, -0.15) is 0 Å². The van der Waals surface area contributed by atoms with Gasteiger partial charge in [-0.15, -0.1) is 0 Å². The highest BCUT2D eigenvalue weighted by Gasteiger charge is 2.24. The van der Waals surface area contributed by atoms with Crippen LogP contribution in [0.5, 0.6) is 5.75 Å². The minimum absolute atomic E-state index is 0.00328. The number of amides is 1. The monoisotopic (exact) mass is 337 g/mol. The molecule has 1 atom stereocenters. The van der Waals surface area contributed by atoms with Crippen LogP contribution < -0.4 is 15.0 Å². The van der Waals surface area contributed by atoms with Gasteiger partial charge in [-0.1, -0.05) is 18.2 Å². The van der Waals surface area contributed by atoms with Crippen molar-refractivity contribution in [1.29, 1.82) is 0 Å². The van der Waals surface area contributed by atoms with E-state index >= 15 is 0 Å². The number of para-hydroxylation sites is 1. The quantitative estimate of drug-likeness (QED) is 0.932. The third-order valence-electron chi connectivity index (χ3n) is 4.89. The van der Waals surface area contributed by atoms with Gasteiger partial charge in [-0.3, -0.25) is 4.79 Å². The molecule has 1 aromatic carbocycles. The Hall–Kier alpha value is -2.56. The number of rotatable bonds is 4. The van der Waals surface area contributed by atoms with E-state index in [1.165, 1.54) is 12.0 Å². The molecule has 0 radical (unpaired) electrons. The van der Waals surface area contributed by atoms with Gasteiger partial charge < -0.3 is 15.0 Å². The molecule has 0 saturated carbocycles. The lowest BCUT2D eigenvalue weighted by Gasteiger charge is -2.29. The molecule has 5 nitrogen and oxygen atoms in total. The van der Waals surface area contributed by atoms with E-state index in [1.54, 1.807) is 6.20 Å². The van der Waals surface area contributed by atoms with Gasteiger partial charge in [0, 0.05) is 25.7 Å². The number of ether oxygens (including phenoxy) is 1. The number of piperidine rings is 1. The van der Waals surface area contributed by atoms with Gasteiger partial charge in [-0.05, 0) is 43.0 Å². The molecule has 1 amide bonds. The molecule has 3 heterocycles. The number of anilines is 1. The highest BCUT2D eigenvalue weighted by atomic mass is 16.5. The smallest absolute Gasteiger partial charge is 0.255 e. The van der Waals surface area contributed by atoms with Crippen molar-refractivity contribution in [2.24, 2.45) is 0 Å². The fourth-order valence-corrected chi connectivity index (χ4v) is 3.60. The number of carbonyl (C=O) groups is 1. The lowest BCUT2D eigenvalue weighted by Crippen LogP contribution is -2.37. The Bertz CT molecular complexity index is 731. The van der Waals surface area contributed by atoms with Crippen molar-refractivity contribution in [3.63, 3.8) is 0 Å². The second-order valence-electron chi connectivity index (χ2n) is 6.68. The number of fused-ring (bicyclic) bond motifs is 1. The van der Waals surface area contributed by atoms with Crippen molar-refractivity contribution >= 4 is 11.7 Å². The Balaban J connectivity index is 1.40. The molecule has 130 valence electrons. The molecule has 2 aliphatic heterocycles. The highest BCUT2D eigenvalue weighted by Crippen LogP contribution is 2.28. The Labute approximate surface area is 148 Å². The number of carbonyl (C=O) groups excluding carboxylic acids is 1. The van der Waals surface area contributed by atoms with Gasteiger partial charge in [0.25, 0.3) is 5.91 Å². The predicted molar refractivity (Wildman–Crippen MR) is 97.2 cm³/mol. The van der Waals surface area contributed by atoms with Crippen molar-refractivity contribution in [3.8, 4) is 5.75 Å². The minimum atomic E-state index is -0.0757. The number of benzene rings is 1. The molecule has 2 aliphatic rings. The van der Waals surface area contributed by atoms with Crippen LogP contribution in [0.1, 0.15) is 35.2 Å². The summed E-state index contributed by atoms with van der Waals surface area (Å²) in [6.45, 7) is 2.44. The maximum atomic E-state index is 12.7. The Kier molecular flexibility index (Phi) is 4.55. The third-order valence-corrected chi connectivity index (χ3v) is 4.89. The molecule has 25 heavy (non-hydrogen) atoms. The fraction of sp³-hybridized carbons (Fsp3) is 0.400. The van der Waals surface area contributed by atoms with Gasteiger partial charge in [0.05, 0.1) is 12.1 Å². The van der Waals surface area contributed by atoms with Crippen LogP contribution in [0.15, 0.2) is 42.6 Å². The second kappa shape index (κ2) is 7.13. The number of hydrogen-bond donors (Lipinski definition) is 1. The average Bonchev–Trinajstić information content (AvgIpc) is 3.10. The maximum Gasteiger partial charge on any atom is 0.255 e. The summed E-state index contributed by atoms with van der Waals surface area (Å²) in [5, 5.41) is 3.02. The Morgan fingerprint density at radius 3 is 2.84 bits per heavy atom. The van der Waals surface area contributed by atoms with Crippen molar-refractivity contribution in [2.45, 2.75) is 31.8 Å². The zero-order valence-electron chi connectivity index (χ0n) is 14.3. The molecule has 2 aromatic rings. The summed E-state index contributed by atoms with van der Waals surface area (Å²) in [4.78, 5) is 19.4. The Morgan fingerprint density at radius 2 is 2.00 bits per heavy atom. The maximum absolute atomic E-state index is 12.7. The first-order valence-electron chi connectivity index (χ1n) is 9.04. The minimum Gasteiger partial charge on any atom is -0.488 e. The first-order valence-corrected chi connectivity index (χ1v) is 9.04. The summed E-state index contributed by atoms with van der Waals surface area (Å²) in [6, 6.07) is 11.7. The summed E-state index contributed by atoms with van der Waals surface area (Å²) in [6.07, 6.45) is 6.17. The van der Waals surface area contributed by atoms with Gasteiger partial charge >= 0.3 is 0 Å². The van der Waals surface area contributed by atoms with Crippen LogP contribution in [0, 0.1) is 0 Å². The van der Waals surface area contributed by atoms with Crippen LogP contribution in [-0.4, -0.2) is 36.6 Å². The summed E-state index contributed by atoms with van der Waals surface area (Å²) < 4.78 is 5.90. The van der Waals surface area contributed by atoms with Gasteiger partial charge in [0.1, 0.15) is 17.7 Å². The van der Waals surface area contributed by atoms with E-state index in [1.807, 2.05) is 30.3 Å². The van der Waals surface area contributed by atoms with E-state index in [0.717, 1.165) is 43.9 Å². The SMILES string of the molecule is O=C(NC[C@H]1Cc2ccccc2O1)c1cccnc1N1CCCCC1. The lowest BCUT2D eigenvalue weighted by atomic mass is 10.1. The van der Waals surface area contributed by atoms with E-state index in [9.17, 15) is 4.79 Å². The molecular formula is C20H23N3O2. The lowest BCUT2D eigenvalue weighted by molar-refractivity contribution is 0.0933. The highest BCUT2D eigenvalue weighted by molar-refractivity contribution is 5.98. The number of hydrogen-bond acceptors (Lipinski definition) is 4. The summed E-state index contributed by atoms with van der Waals surface area (Å²) in [7, 11) is 0. The zero-order chi connectivity index (χ0) is 17.1. The van der Waals surface area contributed by atoms with Crippen LogP contribution >= 0.6 is 0 Å². The molecule has 0 aliphatic carbocycles. The van der Waals surface area contributed by atoms with E-state index in [-0.39, 0.29) is 12.0 Å². The van der Waals surface area contributed by atoms with E-state index < -0.39 is 0 Å². The average molecular weight is 337 g/mol. The van der Waals surface area contributed by atoms with Gasteiger partial charge in [0.2, 0.25) is 0 Å². The number of nitrogens with zero attached hydrogens (tertiary/aromatic N) is 2. The Morgan fingerprint density at radius 1 is 1.16 bits per heavy atom. The zero-order valence-corrected chi connectivity index (χ0v) is 14.3. The van der Waals surface area contributed by atoms with Crippen LogP contribution in [-0.2, 0) is 6.42 Å². The van der Waals surface area contributed by atoms with Crippen molar-refractivity contribution in [3.05, 3.63) is 53.7 Å². The largest absolute Gasteiger partial charge is 0.488 e. The second-order valence-corrected chi connectivity index (χ2v) is 6.68. The molecule has 1 fully saturated rings. The first kappa shape index (κ1) is 15.9. The van der Waals surface area contributed by atoms with Crippen LogP contribution in [0.25, 0.3) is 0 Å². The van der Waals surface area contributed by atoms with Gasteiger partial charge in [0.15, 0.2) is 0 Å². The number of aromatic nitrogens is 1. The van der Waals surface area contributed by atoms with E-state index in [2.05, 4.69) is 21.3 Å². The van der Waals surface area contributed by atoms with Crippen LogP contribution in [0.4, 0.5) is 5.82 Å².